The summed E-state index contributed by atoms with van der Waals surface area (Å²) in [5, 5.41) is 9.63. The fourth-order valence-corrected chi connectivity index (χ4v) is 2.62. The van der Waals surface area contributed by atoms with Crippen molar-refractivity contribution >= 4 is 17.6 Å². The van der Waals surface area contributed by atoms with E-state index in [0.717, 1.165) is 11.1 Å². The van der Waals surface area contributed by atoms with E-state index in [1.807, 2.05) is 60.7 Å². The largest absolute Gasteiger partial charge is 0.488 e. The summed E-state index contributed by atoms with van der Waals surface area (Å²) >= 11 is 6.18. The van der Waals surface area contributed by atoms with E-state index < -0.39 is 5.97 Å². The van der Waals surface area contributed by atoms with Crippen molar-refractivity contribution in [3.63, 3.8) is 0 Å². The predicted molar refractivity (Wildman–Crippen MR) is 100.0 cm³/mol. The van der Waals surface area contributed by atoms with Gasteiger partial charge in [-0.3, -0.25) is 0 Å². The number of rotatable bonds is 7. The third-order valence-electron chi connectivity index (χ3n) is 3.74. The number of carbonyl (C=O) groups is 1. The lowest BCUT2D eigenvalue weighted by molar-refractivity contribution is 0.0691. The molecule has 26 heavy (non-hydrogen) atoms. The Morgan fingerprint density at radius 2 is 1.31 bits per heavy atom. The zero-order valence-corrected chi connectivity index (χ0v) is 14.6. The Labute approximate surface area is 156 Å². The minimum Gasteiger partial charge on any atom is -0.488 e. The van der Waals surface area contributed by atoms with Gasteiger partial charge in [0.15, 0.2) is 0 Å². The molecule has 0 aromatic heterocycles. The van der Waals surface area contributed by atoms with Gasteiger partial charge in [-0.15, -0.1) is 0 Å². The zero-order chi connectivity index (χ0) is 18.4. The molecule has 1 N–H and O–H groups in total. The standard InChI is InChI=1S/C21H17ClO4/c22-18-11-17(21(23)24)19(25-13-15-7-3-1-4-8-15)12-20(18)26-14-16-9-5-2-6-10-16/h1-12H,13-14H2,(H,23,24). The molecule has 0 unspecified atom stereocenters. The van der Waals surface area contributed by atoms with Gasteiger partial charge in [-0.05, 0) is 17.2 Å². The van der Waals surface area contributed by atoms with Gasteiger partial charge in [0.05, 0.1) is 5.02 Å². The van der Waals surface area contributed by atoms with Crippen LogP contribution in [0.15, 0.2) is 72.8 Å². The highest BCUT2D eigenvalue weighted by molar-refractivity contribution is 6.32. The summed E-state index contributed by atoms with van der Waals surface area (Å²) in [4.78, 5) is 11.5. The highest BCUT2D eigenvalue weighted by atomic mass is 35.5. The lowest BCUT2D eigenvalue weighted by Crippen LogP contribution is -2.05. The zero-order valence-electron chi connectivity index (χ0n) is 13.9. The first-order valence-electron chi connectivity index (χ1n) is 8.04. The van der Waals surface area contributed by atoms with Crippen molar-refractivity contribution in [2.75, 3.05) is 0 Å². The van der Waals surface area contributed by atoms with E-state index in [1.165, 1.54) is 12.1 Å². The number of hydrogen-bond donors (Lipinski definition) is 1. The molecule has 5 heteroatoms. The van der Waals surface area contributed by atoms with Gasteiger partial charge in [-0.2, -0.15) is 0 Å². The third-order valence-corrected chi connectivity index (χ3v) is 4.03. The maximum Gasteiger partial charge on any atom is 0.339 e. The smallest absolute Gasteiger partial charge is 0.339 e. The van der Waals surface area contributed by atoms with Crippen LogP contribution in [0.25, 0.3) is 0 Å². The second-order valence-corrected chi connectivity index (χ2v) is 6.04. The van der Waals surface area contributed by atoms with Crippen LogP contribution in [-0.4, -0.2) is 11.1 Å². The molecule has 3 aromatic rings. The first-order chi connectivity index (χ1) is 12.6. The summed E-state index contributed by atoms with van der Waals surface area (Å²) < 4.78 is 11.5. The molecule has 3 rings (SSSR count). The molecule has 0 spiro atoms. The van der Waals surface area contributed by atoms with Crippen molar-refractivity contribution in [2.24, 2.45) is 0 Å². The van der Waals surface area contributed by atoms with Gasteiger partial charge in [-0.1, -0.05) is 72.3 Å². The monoisotopic (exact) mass is 368 g/mol. The van der Waals surface area contributed by atoms with Crippen molar-refractivity contribution in [2.45, 2.75) is 13.2 Å². The number of carboxylic acid groups (broad SMARTS) is 1. The van der Waals surface area contributed by atoms with E-state index in [2.05, 4.69) is 0 Å². The third kappa shape index (κ3) is 4.55. The fraction of sp³-hybridized carbons (Fsp3) is 0.0952. The quantitative estimate of drug-likeness (QED) is 0.623. The van der Waals surface area contributed by atoms with Crippen LogP contribution >= 0.6 is 11.6 Å². The lowest BCUT2D eigenvalue weighted by atomic mass is 10.2. The molecular weight excluding hydrogens is 352 g/mol. The van der Waals surface area contributed by atoms with Crippen LogP contribution in [0.4, 0.5) is 0 Å². The average molecular weight is 369 g/mol. The Morgan fingerprint density at radius 1 is 0.808 bits per heavy atom. The second kappa shape index (κ2) is 8.41. The molecule has 0 radical (unpaired) electrons. The number of aromatic carboxylic acids is 1. The Hall–Kier alpha value is -2.98. The minimum atomic E-state index is -1.11. The van der Waals surface area contributed by atoms with Crippen LogP contribution in [0.1, 0.15) is 21.5 Å². The van der Waals surface area contributed by atoms with Crippen LogP contribution < -0.4 is 9.47 Å². The van der Waals surface area contributed by atoms with Crippen molar-refractivity contribution in [1.82, 2.24) is 0 Å². The van der Waals surface area contributed by atoms with E-state index in [1.54, 1.807) is 0 Å². The Bertz CT molecular complexity index is 879. The molecule has 0 aliphatic heterocycles. The molecule has 0 saturated heterocycles. The Balaban J connectivity index is 1.80. The highest BCUT2D eigenvalue weighted by Crippen LogP contribution is 2.34. The van der Waals surface area contributed by atoms with Gasteiger partial charge >= 0.3 is 5.97 Å². The van der Waals surface area contributed by atoms with Crippen LogP contribution in [0.3, 0.4) is 0 Å². The van der Waals surface area contributed by atoms with E-state index in [-0.39, 0.29) is 22.9 Å². The summed E-state index contributed by atoms with van der Waals surface area (Å²) in [6.45, 7) is 0.575. The number of hydrogen-bond acceptors (Lipinski definition) is 3. The summed E-state index contributed by atoms with van der Waals surface area (Å²) in [5.41, 5.74) is 1.92. The first-order valence-corrected chi connectivity index (χ1v) is 8.41. The molecule has 4 nitrogen and oxygen atoms in total. The van der Waals surface area contributed by atoms with Crippen LogP contribution in [-0.2, 0) is 13.2 Å². The first kappa shape index (κ1) is 17.8. The van der Waals surface area contributed by atoms with Crippen LogP contribution in [0.5, 0.6) is 11.5 Å². The van der Waals surface area contributed by atoms with Crippen molar-refractivity contribution in [1.29, 1.82) is 0 Å². The van der Waals surface area contributed by atoms with Gasteiger partial charge in [0.25, 0.3) is 0 Å². The van der Waals surface area contributed by atoms with Crippen molar-refractivity contribution in [3.8, 4) is 11.5 Å². The Morgan fingerprint density at radius 3 is 1.81 bits per heavy atom. The molecule has 0 bridgehead atoms. The fourth-order valence-electron chi connectivity index (χ4n) is 2.40. The summed E-state index contributed by atoms with van der Waals surface area (Å²) in [7, 11) is 0. The normalized spacial score (nSPS) is 10.3. The molecule has 3 aromatic carbocycles. The molecule has 0 heterocycles. The molecule has 0 aliphatic carbocycles. The second-order valence-electron chi connectivity index (χ2n) is 5.63. The van der Waals surface area contributed by atoms with E-state index in [9.17, 15) is 9.90 Å². The average Bonchev–Trinajstić information content (AvgIpc) is 2.67. The van der Waals surface area contributed by atoms with E-state index >= 15 is 0 Å². The summed E-state index contributed by atoms with van der Waals surface area (Å²) in [6.07, 6.45) is 0. The van der Waals surface area contributed by atoms with Crippen molar-refractivity contribution < 1.29 is 19.4 Å². The molecule has 0 atom stereocenters. The van der Waals surface area contributed by atoms with Gasteiger partial charge in [0, 0.05) is 6.07 Å². The highest BCUT2D eigenvalue weighted by Gasteiger charge is 2.17. The van der Waals surface area contributed by atoms with Gasteiger partial charge in [0.1, 0.15) is 30.3 Å². The summed E-state index contributed by atoms with van der Waals surface area (Å²) in [5.74, 6) is -0.512. The maximum atomic E-state index is 11.5. The molecule has 0 fully saturated rings. The van der Waals surface area contributed by atoms with Crippen molar-refractivity contribution in [3.05, 3.63) is 94.5 Å². The minimum absolute atomic E-state index is 0.00186. The van der Waals surface area contributed by atoms with Gasteiger partial charge < -0.3 is 14.6 Å². The van der Waals surface area contributed by atoms with Gasteiger partial charge in [0.2, 0.25) is 0 Å². The number of carboxylic acids is 1. The molecule has 0 saturated carbocycles. The number of benzene rings is 3. The molecular formula is C21H17ClO4. The molecule has 132 valence electrons. The van der Waals surface area contributed by atoms with Crippen LogP contribution in [0.2, 0.25) is 5.02 Å². The Kier molecular flexibility index (Phi) is 5.77. The van der Waals surface area contributed by atoms with E-state index in [4.69, 9.17) is 21.1 Å². The van der Waals surface area contributed by atoms with Crippen LogP contribution in [0, 0.1) is 0 Å². The van der Waals surface area contributed by atoms with E-state index in [0.29, 0.717) is 12.4 Å². The lowest BCUT2D eigenvalue weighted by Gasteiger charge is -2.14. The predicted octanol–water partition coefficient (Wildman–Crippen LogP) is 5.20. The SMILES string of the molecule is O=C(O)c1cc(Cl)c(OCc2ccccc2)cc1OCc1ccccc1. The topological polar surface area (TPSA) is 55.8 Å². The maximum absolute atomic E-state index is 11.5. The summed E-state index contributed by atoms with van der Waals surface area (Å²) in [6, 6.07) is 22.0. The number of halogens is 1. The molecule has 0 aliphatic rings. The molecule has 0 amide bonds. The number of ether oxygens (including phenoxy) is 2. The van der Waals surface area contributed by atoms with Gasteiger partial charge in [-0.25, -0.2) is 4.79 Å².